The van der Waals surface area contributed by atoms with Gasteiger partial charge >= 0.3 is 6.09 Å². The number of nitrogens with zero attached hydrogens (tertiary/aromatic N) is 1. The maximum absolute atomic E-state index is 12.6. The van der Waals surface area contributed by atoms with E-state index in [1.807, 2.05) is 48.5 Å². The molecule has 27 heavy (non-hydrogen) atoms. The Bertz CT molecular complexity index is 1050. The molecule has 1 saturated heterocycles. The number of cyclic esters (lactones) is 1. The van der Waals surface area contributed by atoms with Crippen molar-refractivity contribution < 1.29 is 19.1 Å². The number of aromatic nitrogens is 1. The molecule has 1 N–H and O–H groups in total. The van der Waals surface area contributed by atoms with Gasteiger partial charge in [0.2, 0.25) is 0 Å². The lowest BCUT2D eigenvalue weighted by Crippen LogP contribution is -2.32. The molecule has 6 heteroatoms. The van der Waals surface area contributed by atoms with Crippen LogP contribution in [-0.4, -0.2) is 34.8 Å². The van der Waals surface area contributed by atoms with Gasteiger partial charge < -0.3 is 9.72 Å². The summed E-state index contributed by atoms with van der Waals surface area (Å²) in [5.74, 6) is -0.436. The minimum atomic E-state index is -0.643. The Balaban J connectivity index is 1.56. The third kappa shape index (κ3) is 3.25. The van der Waals surface area contributed by atoms with Crippen molar-refractivity contribution in [3.63, 3.8) is 0 Å². The highest BCUT2D eigenvalue weighted by atomic mass is 16.6. The number of aldehydes is 1. The average molecular weight is 360 g/mol. The number of fused-ring (bicyclic) bond motifs is 1. The molecular formula is C21H16N2O4. The number of hydrogen-bond donors (Lipinski definition) is 1. The molecule has 0 spiro atoms. The first-order chi connectivity index (χ1) is 13.2. The second-order valence-corrected chi connectivity index (χ2v) is 6.23. The molecule has 0 aliphatic carbocycles. The van der Waals surface area contributed by atoms with Gasteiger partial charge in [-0.15, -0.1) is 0 Å². The molecule has 0 radical (unpaired) electrons. The predicted molar refractivity (Wildman–Crippen MR) is 100 cm³/mol. The van der Waals surface area contributed by atoms with E-state index in [4.69, 9.17) is 4.74 Å². The number of rotatable bonds is 4. The summed E-state index contributed by atoms with van der Waals surface area (Å²) in [5.41, 5.74) is 2.97. The topological polar surface area (TPSA) is 79.5 Å². The zero-order valence-corrected chi connectivity index (χ0v) is 14.3. The fourth-order valence-electron chi connectivity index (χ4n) is 3.17. The van der Waals surface area contributed by atoms with Gasteiger partial charge in [0.1, 0.15) is 12.6 Å². The summed E-state index contributed by atoms with van der Waals surface area (Å²) in [7, 11) is 0. The van der Waals surface area contributed by atoms with Gasteiger partial charge in [0.05, 0.1) is 5.69 Å². The molecule has 1 unspecified atom stereocenters. The van der Waals surface area contributed by atoms with Gasteiger partial charge in [0, 0.05) is 17.0 Å². The third-order valence-corrected chi connectivity index (χ3v) is 4.51. The molecule has 1 atom stereocenters. The van der Waals surface area contributed by atoms with Gasteiger partial charge in [-0.3, -0.25) is 9.59 Å². The van der Waals surface area contributed by atoms with Crippen molar-refractivity contribution in [1.82, 2.24) is 9.88 Å². The van der Waals surface area contributed by atoms with Crippen molar-refractivity contribution in [1.29, 1.82) is 0 Å². The molecule has 2 amide bonds. The van der Waals surface area contributed by atoms with E-state index in [0.717, 1.165) is 33.2 Å². The van der Waals surface area contributed by atoms with Crippen LogP contribution >= 0.6 is 0 Å². The van der Waals surface area contributed by atoms with Crippen LogP contribution < -0.4 is 0 Å². The van der Waals surface area contributed by atoms with E-state index in [9.17, 15) is 14.4 Å². The highest BCUT2D eigenvalue weighted by Crippen LogP contribution is 2.28. The molecule has 3 aromatic rings. The molecule has 2 aromatic carbocycles. The van der Waals surface area contributed by atoms with Gasteiger partial charge in [-0.2, -0.15) is 0 Å². The molecule has 2 heterocycles. The molecular weight excluding hydrogens is 344 g/mol. The zero-order valence-electron chi connectivity index (χ0n) is 14.3. The van der Waals surface area contributed by atoms with Crippen molar-refractivity contribution in [3.8, 4) is 0 Å². The molecule has 1 aromatic heterocycles. The quantitative estimate of drug-likeness (QED) is 0.568. The zero-order chi connectivity index (χ0) is 18.8. The summed E-state index contributed by atoms with van der Waals surface area (Å²) in [5, 5.41) is 0.870. The van der Waals surface area contributed by atoms with Crippen LogP contribution in [0.3, 0.4) is 0 Å². The predicted octanol–water partition coefficient (Wildman–Crippen LogP) is 3.71. The monoisotopic (exact) mass is 360 g/mol. The molecule has 0 saturated carbocycles. The minimum absolute atomic E-state index is 0.145. The SMILES string of the molecule is O=Cc1cc2cc(/C=C/C(=O)N3C(=O)OCC3c3ccccc3)ccc2[nH]1. The van der Waals surface area contributed by atoms with E-state index < -0.39 is 18.0 Å². The van der Waals surface area contributed by atoms with E-state index in [1.54, 1.807) is 12.1 Å². The van der Waals surface area contributed by atoms with Crippen LogP contribution in [0.2, 0.25) is 0 Å². The number of nitrogens with one attached hydrogen (secondary N) is 1. The standard InChI is InChI=1S/C21H16N2O4/c24-12-17-11-16-10-14(6-8-18(16)22-17)7-9-20(25)23-19(13-27-21(23)26)15-4-2-1-3-5-15/h1-12,19,22H,13H2/b9-7+. The average Bonchev–Trinajstić information content (AvgIpc) is 3.29. The van der Waals surface area contributed by atoms with Crippen molar-refractivity contribution in [2.24, 2.45) is 0 Å². The summed E-state index contributed by atoms with van der Waals surface area (Å²) in [4.78, 5) is 39.6. The van der Waals surface area contributed by atoms with Gasteiger partial charge in [0.25, 0.3) is 5.91 Å². The van der Waals surface area contributed by atoms with Crippen LogP contribution in [-0.2, 0) is 9.53 Å². The van der Waals surface area contributed by atoms with Crippen LogP contribution in [0.1, 0.15) is 27.7 Å². The number of ether oxygens (including phenoxy) is 1. The lowest BCUT2D eigenvalue weighted by Gasteiger charge is -2.18. The maximum Gasteiger partial charge on any atom is 0.417 e. The fraction of sp³-hybridized carbons (Fsp3) is 0.0952. The summed E-state index contributed by atoms with van der Waals surface area (Å²) >= 11 is 0. The first kappa shape index (κ1) is 16.8. The second-order valence-electron chi connectivity index (χ2n) is 6.23. The Hall–Kier alpha value is -3.67. The van der Waals surface area contributed by atoms with Crippen molar-refractivity contribution in [2.45, 2.75) is 6.04 Å². The Kier molecular flexibility index (Phi) is 4.30. The number of amides is 2. The van der Waals surface area contributed by atoms with Crippen molar-refractivity contribution in [3.05, 3.63) is 77.5 Å². The summed E-state index contributed by atoms with van der Waals surface area (Å²) in [6.45, 7) is 0.145. The molecule has 1 aliphatic heterocycles. The molecule has 4 rings (SSSR count). The minimum Gasteiger partial charge on any atom is -0.446 e. The third-order valence-electron chi connectivity index (χ3n) is 4.51. The van der Waals surface area contributed by atoms with Gasteiger partial charge in [-0.1, -0.05) is 36.4 Å². The number of imide groups is 1. The summed E-state index contributed by atoms with van der Waals surface area (Å²) < 4.78 is 5.07. The van der Waals surface area contributed by atoms with Gasteiger partial charge in [0.15, 0.2) is 6.29 Å². The van der Waals surface area contributed by atoms with Crippen LogP contribution in [0.25, 0.3) is 17.0 Å². The van der Waals surface area contributed by atoms with Crippen molar-refractivity contribution in [2.75, 3.05) is 6.61 Å². The van der Waals surface area contributed by atoms with E-state index in [0.29, 0.717) is 5.69 Å². The number of aromatic amines is 1. The van der Waals surface area contributed by atoms with Crippen LogP contribution in [0.4, 0.5) is 4.79 Å². The molecule has 0 bridgehead atoms. The summed E-state index contributed by atoms with van der Waals surface area (Å²) in [6, 6.07) is 16.1. The first-order valence-electron chi connectivity index (χ1n) is 8.46. The van der Waals surface area contributed by atoms with Crippen LogP contribution in [0, 0.1) is 0 Å². The van der Waals surface area contributed by atoms with Gasteiger partial charge in [-0.05, 0) is 35.4 Å². The van der Waals surface area contributed by atoms with Crippen LogP contribution in [0.5, 0.6) is 0 Å². The number of carbonyl (C=O) groups is 3. The second kappa shape index (κ2) is 6.92. The number of carbonyl (C=O) groups excluding carboxylic acids is 3. The molecule has 134 valence electrons. The van der Waals surface area contributed by atoms with E-state index in [2.05, 4.69) is 4.98 Å². The number of benzene rings is 2. The first-order valence-corrected chi connectivity index (χ1v) is 8.46. The molecule has 6 nitrogen and oxygen atoms in total. The number of H-pyrrole nitrogens is 1. The fourth-order valence-corrected chi connectivity index (χ4v) is 3.17. The Morgan fingerprint density at radius 1 is 1.15 bits per heavy atom. The smallest absolute Gasteiger partial charge is 0.417 e. The van der Waals surface area contributed by atoms with Crippen LogP contribution in [0.15, 0.2) is 60.7 Å². The lowest BCUT2D eigenvalue weighted by molar-refractivity contribution is -0.124. The molecule has 1 aliphatic rings. The number of hydrogen-bond acceptors (Lipinski definition) is 4. The lowest BCUT2D eigenvalue weighted by atomic mass is 10.1. The van der Waals surface area contributed by atoms with Crippen molar-refractivity contribution >= 4 is 35.3 Å². The largest absolute Gasteiger partial charge is 0.446 e. The van der Waals surface area contributed by atoms with E-state index in [-0.39, 0.29) is 6.61 Å². The Labute approximate surface area is 155 Å². The Morgan fingerprint density at radius 3 is 2.74 bits per heavy atom. The summed E-state index contributed by atoms with van der Waals surface area (Å²) in [6.07, 6.45) is 3.11. The highest BCUT2D eigenvalue weighted by molar-refractivity contribution is 6.02. The molecule has 1 fully saturated rings. The van der Waals surface area contributed by atoms with Gasteiger partial charge in [-0.25, -0.2) is 9.69 Å². The normalized spacial score (nSPS) is 16.8. The highest BCUT2D eigenvalue weighted by Gasteiger charge is 2.37. The Morgan fingerprint density at radius 2 is 1.96 bits per heavy atom. The van der Waals surface area contributed by atoms with E-state index >= 15 is 0 Å². The van der Waals surface area contributed by atoms with E-state index in [1.165, 1.54) is 6.08 Å². The maximum atomic E-state index is 12.6.